The Morgan fingerprint density at radius 3 is 1.94 bits per heavy atom. The van der Waals surface area contributed by atoms with Gasteiger partial charge in [-0.1, -0.05) is 0 Å². The molecule has 0 spiro atoms. The molecule has 3 nitrogen and oxygen atoms in total. The van der Waals surface area contributed by atoms with Gasteiger partial charge in [-0.2, -0.15) is 0 Å². The van der Waals surface area contributed by atoms with Crippen LogP contribution in [0.15, 0.2) is 0 Å². The van der Waals surface area contributed by atoms with Gasteiger partial charge in [-0.3, -0.25) is 0 Å². The monoisotopic (exact) mass is 261 g/mol. The van der Waals surface area contributed by atoms with E-state index >= 15 is 0 Å². The van der Waals surface area contributed by atoms with Crippen LogP contribution in [-0.2, 0) is 10.0 Å². The van der Waals surface area contributed by atoms with Gasteiger partial charge in [-0.05, 0) is 61.7 Å². The second kappa shape index (κ2) is 3.92. The van der Waals surface area contributed by atoms with Crippen LogP contribution in [0.3, 0.4) is 0 Å². The summed E-state index contributed by atoms with van der Waals surface area (Å²) in [5.41, 5.74) is 0.150. The fourth-order valence-electron chi connectivity index (χ4n) is 4.81. The average Bonchev–Trinajstić information content (AvgIpc) is 2.25. The molecular weight excluding hydrogens is 241 g/mol. The molecule has 5 heteroatoms. The molecule has 98 valence electrons. The largest absolute Gasteiger partial charge is 0.241 e. The van der Waals surface area contributed by atoms with Crippen molar-refractivity contribution in [2.24, 2.45) is 23.2 Å². The molecule has 0 aromatic carbocycles. The maximum absolute atomic E-state index is 12.3. The van der Waals surface area contributed by atoms with Crippen molar-refractivity contribution >= 4 is 10.0 Å². The third kappa shape index (κ3) is 2.24. The van der Waals surface area contributed by atoms with Crippen LogP contribution in [0, 0.1) is 23.2 Å². The van der Waals surface area contributed by atoms with E-state index in [1.165, 1.54) is 19.3 Å². The fourth-order valence-corrected chi connectivity index (χ4v) is 5.41. The van der Waals surface area contributed by atoms with E-state index in [0.29, 0.717) is 6.54 Å². The molecule has 4 rings (SSSR count). The molecule has 4 fully saturated rings. The van der Waals surface area contributed by atoms with Crippen LogP contribution >= 0.6 is 0 Å². The second-order valence-electron chi connectivity index (χ2n) is 6.46. The van der Waals surface area contributed by atoms with Crippen molar-refractivity contribution in [2.75, 3.05) is 12.6 Å². The van der Waals surface area contributed by atoms with Crippen LogP contribution in [0.2, 0.25) is 0 Å². The summed E-state index contributed by atoms with van der Waals surface area (Å²) in [5.74, 6) is 2.41. The first-order valence-corrected chi connectivity index (χ1v) is 8.19. The molecule has 0 aliphatic heterocycles. The summed E-state index contributed by atoms with van der Waals surface area (Å²) < 4.78 is 37.2. The number of halogens is 1. The number of rotatable bonds is 4. The fraction of sp³-hybridized carbons (Fsp3) is 1.00. The van der Waals surface area contributed by atoms with Crippen LogP contribution in [0.25, 0.3) is 0 Å². The van der Waals surface area contributed by atoms with Crippen molar-refractivity contribution in [1.82, 2.24) is 4.72 Å². The van der Waals surface area contributed by atoms with Crippen LogP contribution in [-0.4, -0.2) is 21.0 Å². The Morgan fingerprint density at radius 2 is 1.53 bits per heavy atom. The van der Waals surface area contributed by atoms with E-state index in [0.717, 1.165) is 37.0 Å². The first-order valence-electron chi connectivity index (χ1n) is 6.54. The highest BCUT2D eigenvalue weighted by Crippen LogP contribution is 2.59. The Morgan fingerprint density at radius 1 is 1.06 bits per heavy atom. The topological polar surface area (TPSA) is 46.2 Å². The zero-order chi connectivity index (χ0) is 12.1. The Hall–Kier alpha value is -0.160. The van der Waals surface area contributed by atoms with Crippen LogP contribution in [0.1, 0.15) is 38.5 Å². The van der Waals surface area contributed by atoms with Crippen molar-refractivity contribution < 1.29 is 12.8 Å². The quantitative estimate of drug-likeness (QED) is 0.842. The van der Waals surface area contributed by atoms with Gasteiger partial charge in [0.15, 0.2) is 0 Å². The number of alkyl halides is 1. The molecule has 0 saturated heterocycles. The number of hydrogen-bond donors (Lipinski definition) is 1. The van der Waals surface area contributed by atoms with Crippen molar-refractivity contribution in [2.45, 2.75) is 38.5 Å². The molecule has 4 aliphatic rings. The minimum absolute atomic E-state index is 0.150. The summed E-state index contributed by atoms with van der Waals surface area (Å²) in [5, 5.41) is 0. The lowest BCUT2D eigenvalue weighted by molar-refractivity contribution is -0.0487. The molecule has 0 radical (unpaired) electrons. The van der Waals surface area contributed by atoms with Gasteiger partial charge in [0.1, 0.15) is 0 Å². The summed E-state index contributed by atoms with van der Waals surface area (Å²) in [6, 6.07) is -1.29. The van der Waals surface area contributed by atoms with Crippen LogP contribution in [0.5, 0.6) is 0 Å². The van der Waals surface area contributed by atoms with E-state index in [4.69, 9.17) is 0 Å². The predicted octanol–water partition coefficient (Wildman–Crippen LogP) is 2.05. The lowest BCUT2D eigenvalue weighted by Crippen LogP contribution is -2.51. The zero-order valence-corrected chi connectivity index (χ0v) is 10.8. The SMILES string of the molecule is O=S(=O)(CF)NCC12CC3CC(CC(C3)C1)C2. The van der Waals surface area contributed by atoms with Gasteiger partial charge in [0, 0.05) is 6.54 Å². The van der Waals surface area contributed by atoms with Gasteiger partial charge in [0.2, 0.25) is 16.0 Å². The Kier molecular flexibility index (Phi) is 2.74. The standard InChI is InChI=1S/C12H20FNO2S/c13-8-17(15,16)14-7-12-4-9-1-10(5-12)3-11(2-9)6-12/h9-11,14H,1-8H2. The summed E-state index contributed by atoms with van der Waals surface area (Å²) >= 11 is 0. The molecule has 1 N–H and O–H groups in total. The highest BCUT2D eigenvalue weighted by Gasteiger charge is 2.50. The molecule has 4 saturated carbocycles. The van der Waals surface area contributed by atoms with Gasteiger partial charge in [0.05, 0.1) is 0 Å². The predicted molar refractivity (Wildman–Crippen MR) is 63.5 cm³/mol. The average molecular weight is 261 g/mol. The lowest BCUT2D eigenvalue weighted by Gasteiger charge is -2.56. The third-order valence-electron chi connectivity index (χ3n) is 4.98. The van der Waals surface area contributed by atoms with E-state index in [2.05, 4.69) is 4.72 Å². The number of hydrogen-bond acceptors (Lipinski definition) is 2. The van der Waals surface area contributed by atoms with Gasteiger partial charge < -0.3 is 0 Å². The van der Waals surface area contributed by atoms with Crippen molar-refractivity contribution in [3.8, 4) is 0 Å². The van der Waals surface area contributed by atoms with E-state index in [1.807, 2.05) is 0 Å². The van der Waals surface area contributed by atoms with Crippen LogP contribution < -0.4 is 4.72 Å². The molecule has 0 heterocycles. The van der Waals surface area contributed by atoms with E-state index < -0.39 is 16.0 Å². The van der Waals surface area contributed by atoms with Gasteiger partial charge in [0.25, 0.3) is 0 Å². The molecule has 0 aromatic rings. The van der Waals surface area contributed by atoms with E-state index in [-0.39, 0.29) is 5.41 Å². The molecule has 0 unspecified atom stereocenters. The lowest BCUT2D eigenvalue weighted by atomic mass is 9.50. The maximum Gasteiger partial charge on any atom is 0.241 e. The van der Waals surface area contributed by atoms with Gasteiger partial charge in [-0.15, -0.1) is 0 Å². The minimum Gasteiger partial charge on any atom is -0.232 e. The first kappa shape index (κ1) is 11.9. The summed E-state index contributed by atoms with van der Waals surface area (Å²) in [4.78, 5) is 0. The maximum atomic E-state index is 12.3. The molecule has 4 bridgehead atoms. The van der Waals surface area contributed by atoms with E-state index in [9.17, 15) is 12.8 Å². The number of sulfonamides is 1. The summed E-state index contributed by atoms with van der Waals surface area (Å²) in [6.45, 7) is 0.461. The summed E-state index contributed by atoms with van der Waals surface area (Å²) in [6.07, 6.45) is 7.47. The zero-order valence-electron chi connectivity index (χ0n) is 9.99. The Bertz CT molecular complexity index is 371. The smallest absolute Gasteiger partial charge is 0.232 e. The summed E-state index contributed by atoms with van der Waals surface area (Å²) in [7, 11) is -3.68. The molecular formula is C12H20FNO2S. The molecule has 17 heavy (non-hydrogen) atoms. The highest BCUT2D eigenvalue weighted by molar-refractivity contribution is 7.89. The normalized spacial score (nSPS) is 44.2. The van der Waals surface area contributed by atoms with E-state index in [1.54, 1.807) is 0 Å². The molecule has 0 atom stereocenters. The van der Waals surface area contributed by atoms with Crippen molar-refractivity contribution in [1.29, 1.82) is 0 Å². The Labute approximate surface area is 102 Å². The number of nitrogens with one attached hydrogen (secondary N) is 1. The second-order valence-corrected chi connectivity index (χ2v) is 8.20. The molecule has 4 aliphatic carbocycles. The minimum atomic E-state index is -3.68. The Balaban J connectivity index is 1.70. The third-order valence-corrected chi connectivity index (χ3v) is 5.85. The van der Waals surface area contributed by atoms with Gasteiger partial charge >= 0.3 is 0 Å². The first-order chi connectivity index (χ1) is 8.00. The molecule has 0 amide bonds. The van der Waals surface area contributed by atoms with Crippen LogP contribution in [0.4, 0.5) is 4.39 Å². The van der Waals surface area contributed by atoms with Gasteiger partial charge in [-0.25, -0.2) is 17.5 Å². The van der Waals surface area contributed by atoms with Crippen molar-refractivity contribution in [3.63, 3.8) is 0 Å². The molecule has 0 aromatic heterocycles. The van der Waals surface area contributed by atoms with Crippen molar-refractivity contribution in [3.05, 3.63) is 0 Å². The highest BCUT2D eigenvalue weighted by atomic mass is 32.2.